The van der Waals surface area contributed by atoms with E-state index >= 15 is 0 Å². The standard InChI is InChI=1S/C62H82N2O4.C30H34Br2N2O4.C29H40Br2.CH4/c1-8-11-14-17-20-23-35-62(36-24-21-18-15-12-9-2)54-40-45(4)29-31-49(54)50-32-30-47(43-55(50)62)42-48-44-57(67-38-25-22-19-16-13-10-3)46(5)41-58(48)68-39-37-64-60(65)52-28-26-27-51-56(63(6)7)34-33-53(59(51)52)61(64)66;1-4-5-6-7-8-9-16-37-26-18-24(32)27(19-23(26)31)38-17-15-34-29(35)21-12-10-11-20-25(33(2)3)14-13-22(28(20)21)30(34)36;1-3-5-7-9-11-13-19-29(20-14-12-10-8-6-4-2)27-21-23(30)15-17-25(27)26-18-16-24(31)22-28(26)29;/h26-34,40-41,43-44H,8-25,35-39,42H2,1-7H3;10-14,18-19H,4-9,15-17H2,1-3H3;15-18,21-22H,3-14,19-20H2,1-2H3;1H4. The van der Waals surface area contributed by atoms with Crippen molar-refractivity contribution in [2.75, 3.05) is 77.5 Å². The molecule has 0 spiro atoms. The molecule has 10 aromatic rings. The molecule has 14 rings (SSSR count). The van der Waals surface area contributed by atoms with Crippen LogP contribution in [0.3, 0.4) is 0 Å². The maximum Gasteiger partial charge on any atom is 0.261 e. The van der Waals surface area contributed by atoms with Crippen molar-refractivity contribution in [3.8, 4) is 45.3 Å². The van der Waals surface area contributed by atoms with E-state index in [0.29, 0.717) is 53.0 Å². The van der Waals surface area contributed by atoms with Crippen molar-refractivity contribution >= 4 is 120 Å². The highest BCUT2D eigenvalue weighted by Crippen LogP contribution is 2.58. The molecule has 0 unspecified atom stereocenters. The van der Waals surface area contributed by atoms with Crippen molar-refractivity contribution in [2.45, 2.75) is 337 Å². The van der Waals surface area contributed by atoms with Crippen LogP contribution in [-0.2, 0) is 17.3 Å². The molecule has 0 saturated carbocycles. The third kappa shape index (κ3) is 27.8. The number of fused-ring (bicyclic) bond motifs is 6. The van der Waals surface area contributed by atoms with Gasteiger partial charge in [-0.15, -0.1) is 0 Å². The summed E-state index contributed by atoms with van der Waals surface area (Å²) in [5, 5.41) is 3.26. The Morgan fingerprint density at radius 1 is 0.304 bits per heavy atom. The number of aryl methyl sites for hydroxylation is 2. The number of hydrogen-bond donors (Lipinski definition) is 0. The minimum atomic E-state index is -0.300. The fourth-order valence-electron chi connectivity index (χ4n) is 21.5. The predicted octanol–water partition coefficient (Wildman–Crippen LogP) is 35.8. The van der Waals surface area contributed by atoms with Gasteiger partial charge in [0, 0.05) is 115 Å². The molecule has 0 bridgehead atoms. The Morgan fingerprint density at radius 2 is 0.623 bits per heavy atom. The number of nitrogens with zero attached hydrogens (tertiary/aromatic N) is 4. The van der Waals surface area contributed by atoms with E-state index in [1.807, 2.05) is 98.7 Å². The Kier molecular flexibility index (Phi) is 44.2. The maximum absolute atomic E-state index is 14.1. The molecule has 0 saturated heterocycles. The van der Waals surface area contributed by atoms with E-state index in [9.17, 15) is 19.2 Å². The van der Waals surface area contributed by atoms with E-state index in [2.05, 4.69) is 204 Å². The minimum Gasteiger partial charge on any atom is -0.493 e. The number of halogens is 4. The first kappa shape index (κ1) is 110. The van der Waals surface area contributed by atoms with Crippen LogP contribution in [0, 0.1) is 13.8 Å². The van der Waals surface area contributed by atoms with Crippen LogP contribution in [0.4, 0.5) is 11.4 Å². The summed E-state index contributed by atoms with van der Waals surface area (Å²) in [6.45, 7) is 20.0. The molecule has 4 aliphatic rings. The average molecular weight is 2130 g/mol. The molecule has 2 heterocycles. The molecule has 16 heteroatoms. The van der Waals surface area contributed by atoms with E-state index in [0.717, 1.165) is 77.7 Å². The number of anilines is 2. The summed E-state index contributed by atoms with van der Waals surface area (Å²) in [7, 11) is 7.86. The second kappa shape index (κ2) is 55.4. The van der Waals surface area contributed by atoms with E-state index in [1.165, 1.54) is 307 Å². The third-order valence-electron chi connectivity index (χ3n) is 29.0. The zero-order valence-corrected chi connectivity index (χ0v) is 91.2. The van der Waals surface area contributed by atoms with Crippen molar-refractivity contribution in [3.63, 3.8) is 0 Å². The van der Waals surface area contributed by atoms with Gasteiger partial charge in [0.2, 0.25) is 0 Å². The van der Waals surface area contributed by atoms with Crippen molar-refractivity contribution in [1.82, 2.24) is 9.80 Å². The normalized spacial score (nSPS) is 13.4. The number of imide groups is 2. The summed E-state index contributed by atoms with van der Waals surface area (Å²) < 4.78 is 29.2. The van der Waals surface area contributed by atoms with E-state index in [1.54, 1.807) is 23.3 Å². The highest BCUT2D eigenvalue weighted by molar-refractivity contribution is 9.11. The van der Waals surface area contributed by atoms with Crippen LogP contribution in [-0.4, -0.2) is 101 Å². The zero-order valence-electron chi connectivity index (χ0n) is 84.8. The van der Waals surface area contributed by atoms with Gasteiger partial charge in [-0.05, 0) is 225 Å². The molecule has 0 radical (unpaired) electrons. The third-order valence-corrected chi connectivity index (χ3v) is 31.2. The Morgan fingerprint density at radius 3 is 1.01 bits per heavy atom. The molecule has 12 nitrogen and oxygen atoms in total. The van der Waals surface area contributed by atoms with E-state index in [-0.39, 0.29) is 68.2 Å². The first-order valence-corrected chi connectivity index (χ1v) is 55.9. The lowest BCUT2D eigenvalue weighted by Crippen LogP contribution is -2.42. The van der Waals surface area contributed by atoms with Gasteiger partial charge in [-0.2, -0.15) is 0 Å². The van der Waals surface area contributed by atoms with Gasteiger partial charge in [-0.3, -0.25) is 29.0 Å². The highest BCUT2D eigenvalue weighted by Gasteiger charge is 2.45. The number of amides is 4. The van der Waals surface area contributed by atoms with Gasteiger partial charge in [0.1, 0.15) is 36.2 Å². The number of carbonyl (C=O) groups excluding carboxylic acids is 4. The van der Waals surface area contributed by atoms with Gasteiger partial charge in [-0.1, -0.05) is 377 Å². The molecule has 0 aromatic heterocycles. The van der Waals surface area contributed by atoms with E-state index < -0.39 is 0 Å². The lowest BCUT2D eigenvalue weighted by Gasteiger charge is -2.33. The van der Waals surface area contributed by atoms with Gasteiger partial charge in [0.15, 0.2) is 0 Å². The van der Waals surface area contributed by atoms with Crippen LogP contribution in [0.15, 0.2) is 176 Å². The van der Waals surface area contributed by atoms with E-state index in [4.69, 9.17) is 18.9 Å². The number of rotatable bonds is 56. The van der Waals surface area contributed by atoms with Crippen LogP contribution in [0.5, 0.6) is 23.0 Å². The molecule has 0 atom stereocenters. The summed E-state index contributed by atoms with van der Waals surface area (Å²) in [5.74, 6) is 1.88. The second-order valence-electron chi connectivity index (χ2n) is 39.6. The lowest BCUT2D eigenvalue weighted by molar-refractivity contribution is 0.0573. The Bertz CT molecular complexity index is 5530. The van der Waals surface area contributed by atoms with Crippen LogP contribution in [0.1, 0.15) is 392 Å². The molecule has 10 aromatic carbocycles. The summed E-state index contributed by atoms with van der Waals surface area (Å²) in [6, 6.07) is 55.4. The fraction of sp³-hybridized carbons (Fsp3) is 0.508. The van der Waals surface area contributed by atoms with Gasteiger partial charge in [-0.25, -0.2) is 0 Å². The molecule has 0 N–H and O–H groups in total. The van der Waals surface area contributed by atoms with Crippen LogP contribution in [0.25, 0.3) is 43.8 Å². The highest BCUT2D eigenvalue weighted by atomic mass is 79.9. The molecular formula is C122H160Br4N4O8. The van der Waals surface area contributed by atoms with Crippen molar-refractivity contribution in [1.29, 1.82) is 0 Å². The number of ether oxygens (including phenoxy) is 4. The van der Waals surface area contributed by atoms with Crippen LogP contribution < -0.4 is 28.7 Å². The van der Waals surface area contributed by atoms with Gasteiger partial charge in [0.25, 0.3) is 23.6 Å². The number of unbranched alkanes of at least 4 members (excludes halogenated alkanes) is 30. The predicted molar refractivity (Wildman–Crippen MR) is 596 cm³/mol. The van der Waals surface area contributed by atoms with Gasteiger partial charge in [0.05, 0.1) is 35.2 Å². The SMILES string of the molecule is C.CCCCCCCCC1(CCCCCCCC)c2cc(Br)ccc2-c2ccc(Br)cc21.CCCCCCCCOc1cc(Br)c(OCCN2C(=O)c3cccc4c(N(C)C)ccc(c34)C2=O)cc1Br.CCCCCCCCOc1cc(Cc2ccc3c(c2)C(CCCCCCCC)(CCCCCCCC)c2cc(C)ccc2-3)c(OCCN2C(=O)c3cccc4c(N(C)C)ccc(c34)C2=O)cc1C. The Balaban J connectivity index is 0.000000219. The summed E-state index contributed by atoms with van der Waals surface area (Å²) in [5.41, 5.74) is 20.9. The smallest absolute Gasteiger partial charge is 0.261 e. The summed E-state index contributed by atoms with van der Waals surface area (Å²) in [6.07, 6.45) is 52.0. The first-order chi connectivity index (χ1) is 66.6. The fourth-order valence-corrected chi connectivity index (χ4v) is 23.1. The Hall–Kier alpha value is -8.28. The molecule has 0 fully saturated rings. The second-order valence-corrected chi connectivity index (χ2v) is 43.2. The molecule has 4 amide bonds. The number of carbonyl (C=O) groups is 4. The minimum absolute atomic E-state index is 0. The molecular weight excluding hydrogens is 1970 g/mol. The largest absolute Gasteiger partial charge is 0.493 e. The quantitative estimate of drug-likeness (QED) is 0.0269. The van der Waals surface area contributed by atoms with Crippen LogP contribution >= 0.6 is 63.7 Å². The number of benzene rings is 10. The first-order valence-electron chi connectivity index (χ1n) is 52.7. The average Bonchev–Trinajstić information content (AvgIpc) is 1.57. The summed E-state index contributed by atoms with van der Waals surface area (Å²) in [4.78, 5) is 61.4. The molecule has 744 valence electrons. The van der Waals surface area contributed by atoms with Crippen molar-refractivity contribution in [2.24, 2.45) is 0 Å². The maximum atomic E-state index is 14.1. The topological polar surface area (TPSA) is 118 Å². The Labute approximate surface area is 863 Å². The molecule has 2 aliphatic carbocycles. The van der Waals surface area contributed by atoms with Crippen molar-refractivity contribution in [3.05, 3.63) is 242 Å². The zero-order chi connectivity index (χ0) is 97.4. The molecule has 2 aliphatic heterocycles. The van der Waals surface area contributed by atoms with Gasteiger partial charge < -0.3 is 28.7 Å². The number of hydrogen-bond acceptors (Lipinski definition) is 10. The lowest BCUT2D eigenvalue weighted by atomic mass is 9.70. The summed E-state index contributed by atoms with van der Waals surface area (Å²) >= 11 is 14.7. The van der Waals surface area contributed by atoms with Crippen molar-refractivity contribution < 1.29 is 38.1 Å². The monoisotopic (exact) mass is 2120 g/mol. The molecule has 138 heavy (non-hydrogen) atoms. The van der Waals surface area contributed by atoms with Gasteiger partial charge >= 0.3 is 0 Å². The van der Waals surface area contributed by atoms with Crippen LogP contribution in [0.2, 0.25) is 0 Å².